The first-order valence-electron chi connectivity index (χ1n) is 6.44. The van der Waals surface area contributed by atoms with Crippen LogP contribution in [0.15, 0.2) is 42.5 Å². The third-order valence-electron chi connectivity index (χ3n) is 2.83. The van der Waals surface area contributed by atoms with E-state index in [9.17, 15) is 5.26 Å². The van der Waals surface area contributed by atoms with E-state index in [4.69, 9.17) is 27.9 Å². The molecule has 0 unspecified atom stereocenters. The first kappa shape index (κ1) is 15.4. The summed E-state index contributed by atoms with van der Waals surface area (Å²) >= 11 is 12.0. The minimum absolute atomic E-state index is 0.501. The van der Waals surface area contributed by atoms with E-state index in [0.717, 1.165) is 11.1 Å². The molecular weight excluding hydrogens is 305 g/mol. The fourth-order valence-electron chi connectivity index (χ4n) is 1.91. The Bertz CT molecular complexity index is 717. The topological polar surface area (TPSA) is 33.0 Å². The van der Waals surface area contributed by atoms with E-state index in [1.54, 1.807) is 36.4 Å². The predicted molar refractivity (Wildman–Crippen MR) is 87.6 cm³/mol. The summed E-state index contributed by atoms with van der Waals surface area (Å²) in [4.78, 5) is 0. The van der Waals surface area contributed by atoms with Crippen molar-refractivity contribution < 1.29 is 4.74 Å². The largest absolute Gasteiger partial charge is 0.493 e. The normalized spacial score (nSPS) is 11.0. The van der Waals surface area contributed by atoms with Gasteiger partial charge in [0.2, 0.25) is 0 Å². The maximum Gasteiger partial charge on any atom is 0.126 e. The number of hydrogen-bond acceptors (Lipinski definition) is 2. The van der Waals surface area contributed by atoms with Crippen LogP contribution in [0.4, 0.5) is 0 Å². The first-order chi connectivity index (χ1) is 10.1. The number of benzene rings is 2. The fraction of sp³-hybridized carbons (Fsp3) is 0.118. The average molecular weight is 318 g/mol. The molecule has 0 spiro atoms. The average Bonchev–Trinajstić information content (AvgIpc) is 2.47. The van der Waals surface area contributed by atoms with Crippen molar-refractivity contribution in [3.8, 4) is 11.8 Å². The van der Waals surface area contributed by atoms with E-state index in [2.05, 4.69) is 6.07 Å². The third-order valence-corrected chi connectivity index (χ3v) is 3.30. The molecule has 0 N–H and O–H groups in total. The molecule has 0 aliphatic carbocycles. The summed E-state index contributed by atoms with van der Waals surface area (Å²) in [5.41, 5.74) is 2.02. The predicted octanol–water partition coefficient (Wildman–Crippen LogP) is 5.46. The second-order valence-electron chi connectivity index (χ2n) is 4.30. The van der Waals surface area contributed by atoms with Gasteiger partial charge in [-0.05, 0) is 48.9 Å². The molecule has 0 heterocycles. The second-order valence-corrected chi connectivity index (χ2v) is 5.17. The number of nitrogens with zero attached hydrogens (tertiary/aromatic N) is 1. The highest BCUT2D eigenvalue weighted by atomic mass is 35.5. The molecule has 0 fully saturated rings. The number of halogens is 2. The summed E-state index contributed by atoms with van der Waals surface area (Å²) in [7, 11) is 0. The van der Waals surface area contributed by atoms with E-state index < -0.39 is 0 Å². The van der Waals surface area contributed by atoms with E-state index >= 15 is 0 Å². The van der Waals surface area contributed by atoms with E-state index in [0.29, 0.717) is 28.0 Å². The summed E-state index contributed by atoms with van der Waals surface area (Å²) in [5, 5.41) is 10.6. The van der Waals surface area contributed by atoms with Crippen LogP contribution in [0.3, 0.4) is 0 Å². The lowest BCUT2D eigenvalue weighted by Gasteiger charge is -2.08. The zero-order valence-electron chi connectivity index (χ0n) is 11.4. The van der Waals surface area contributed by atoms with Crippen molar-refractivity contribution in [3.63, 3.8) is 0 Å². The first-order valence-corrected chi connectivity index (χ1v) is 7.19. The van der Waals surface area contributed by atoms with Gasteiger partial charge in [0, 0.05) is 15.6 Å². The van der Waals surface area contributed by atoms with Crippen molar-refractivity contribution >= 4 is 34.9 Å². The van der Waals surface area contributed by atoms with Gasteiger partial charge in [-0.15, -0.1) is 0 Å². The van der Waals surface area contributed by atoms with Crippen molar-refractivity contribution in [2.24, 2.45) is 0 Å². The lowest BCUT2D eigenvalue weighted by Crippen LogP contribution is -1.94. The molecule has 2 aromatic rings. The van der Waals surface area contributed by atoms with Crippen LogP contribution in [0.5, 0.6) is 5.75 Å². The van der Waals surface area contributed by atoms with Gasteiger partial charge in [0.25, 0.3) is 0 Å². The summed E-state index contributed by atoms with van der Waals surface area (Å²) < 4.78 is 5.56. The zero-order chi connectivity index (χ0) is 15.2. The molecule has 0 saturated carbocycles. The zero-order valence-corrected chi connectivity index (χ0v) is 12.9. The standard InChI is InChI=1S/C17H13Cl2NO/c1-2-21-17-7-6-16(19)10-13(17)8-14(11-20)12-4-3-5-15(18)9-12/h3-10H,2H2,1H3/b14-8-. The number of allylic oxidation sites excluding steroid dienone is 1. The van der Waals surface area contributed by atoms with E-state index in [1.807, 2.05) is 19.1 Å². The fourth-order valence-corrected chi connectivity index (χ4v) is 2.28. The molecule has 0 radical (unpaired) electrons. The molecule has 2 aromatic carbocycles. The molecule has 0 aliphatic rings. The van der Waals surface area contributed by atoms with Crippen LogP contribution in [-0.2, 0) is 0 Å². The Hall–Kier alpha value is -1.95. The molecule has 0 saturated heterocycles. The van der Waals surface area contributed by atoms with Crippen molar-refractivity contribution in [1.29, 1.82) is 5.26 Å². The van der Waals surface area contributed by atoms with Crippen LogP contribution >= 0.6 is 23.2 Å². The minimum atomic E-state index is 0.501. The Morgan fingerprint density at radius 3 is 2.62 bits per heavy atom. The summed E-state index contributed by atoms with van der Waals surface area (Å²) in [6.45, 7) is 2.45. The number of rotatable bonds is 4. The van der Waals surface area contributed by atoms with Gasteiger partial charge in [-0.1, -0.05) is 35.3 Å². The molecule has 106 valence electrons. The van der Waals surface area contributed by atoms with E-state index in [-0.39, 0.29) is 0 Å². The van der Waals surface area contributed by atoms with Crippen LogP contribution in [0, 0.1) is 11.3 Å². The molecule has 0 atom stereocenters. The van der Waals surface area contributed by atoms with Gasteiger partial charge >= 0.3 is 0 Å². The van der Waals surface area contributed by atoms with Crippen LogP contribution in [0.1, 0.15) is 18.1 Å². The maximum absolute atomic E-state index is 9.39. The Morgan fingerprint density at radius 2 is 1.95 bits per heavy atom. The number of hydrogen-bond donors (Lipinski definition) is 0. The smallest absolute Gasteiger partial charge is 0.126 e. The van der Waals surface area contributed by atoms with Gasteiger partial charge in [0.05, 0.1) is 18.2 Å². The van der Waals surface area contributed by atoms with Crippen molar-refractivity contribution in [2.75, 3.05) is 6.61 Å². The van der Waals surface area contributed by atoms with Gasteiger partial charge in [-0.25, -0.2) is 0 Å². The van der Waals surface area contributed by atoms with Crippen molar-refractivity contribution in [3.05, 3.63) is 63.6 Å². The van der Waals surface area contributed by atoms with E-state index in [1.165, 1.54) is 0 Å². The summed E-state index contributed by atoms with van der Waals surface area (Å²) in [6, 6.07) is 14.7. The van der Waals surface area contributed by atoms with Crippen LogP contribution in [0.2, 0.25) is 10.0 Å². The number of nitriles is 1. The Kier molecular flexibility index (Phi) is 5.27. The highest BCUT2D eigenvalue weighted by Gasteiger charge is 2.06. The second kappa shape index (κ2) is 7.17. The monoisotopic (exact) mass is 317 g/mol. The Morgan fingerprint density at radius 1 is 1.19 bits per heavy atom. The molecular formula is C17H13Cl2NO. The molecule has 4 heteroatoms. The SMILES string of the molecule is CCOc1ccc(Cl)cc1/C=C(/C#N)c1cccc(Cl)c1. The van der Waals surface area contributed by atoms with Crippen molar-refractivity contribution in [1.82, 2.24) is 0 Å². The van der Waals surface area contributed by atoms with Crippen molar-refractivity contribution in [2.45, 2.75) is 6.92 Å². The lowest BCUT2D eigenvalue weighted by atomic mass is 10.0. The lowest BCUT2D eigenvalue weighted by molar-refractivity contribution is 0.339. The molecule has 21 heavy (non-hydrogen) atoms. The highest BCUT2D eigenvalue weighted by Crippen LogP contribution is 2.28. The minimum Gasteiger partial charge on any atom is -0.493 e. The van der Waals surface area contributed by atoms with Gasteiger partial charge in [0.15, 0.2) is 0 Å². The highest BCUT2D eigenvalue weighted by molar-refractivity contribution is 6.31. The summed E-state index contributed by atoms with van der Waals surface area (Å²) in [5.74, 6) is 0.691. The molecule has 0 bridgehead atoms. The molecule has 2 nitrogen and oxygen atoms in total. The van der Waals surface area contributed by atoms with Gasteiger partial charge in [-0.3, -0.25) is 0 Å². The molecule has 2 rings (SSSR count). The van der Waals surface area contributed by atoms with Gasteiger partial charge in [0.1, 0.15) is 5.75 Å². The van der Waals surface area contributed by atoms with Crippen LogP contribution < -0.4 is 4.74 Å². The maximum atomic E-state index is 9.39. The summed E-state index contributed by atoms with van der Waals surface area (Å²) in [6.07, 6.45) is 1.75. The molecule has 0 aliphatic heterocycles. The Labute approximate surface area is 134 Å². The number of ether oxygens (including phenoxy) is 1. The van der Waals surface area contributed by atoms with Gasteiger partial charge < -0.3 is 4.74 Å². The Balaban J connectivity index is 2.50. The molecule has 0 amide bonds. The van der Waals surface area contributed by atoms with Gasteiger partial charge in [-0.2, -0.15) is 5.26 Å². The quantitative estimate of drug-likeness (QED) is 0.554. The molecule has 0 aromatic heterocycles. The van der Waals surface area contributed by atoms with Crippen LogP contribution in [-0.4, -0.2) is 6.61 Å². The third kappa shape index (κ3) is 4.01. The van der Waals surface area contributed by atoms with Crippen LogP contribution in [0.25, 0.3) is 11.6 Å².